The molecule has 1 nitrogen and oxygen atoms in total. The Kier molecular flexibility index (Phi) is 4.09. The molecule has 0 aromatic heterocycles. The zero-order valence-electron chi connectivity index (χ0n) is 7.84. The van der Waals surface area contributed by atoms with Gasteiger partial charge < -0.3 is 4.74 Å². The Morgan fingerprint density at radius 2 is 2.23 bits per heavy atom. The van der Waals surface area contributed by atoms with Crippen LogP contribution >= 0.6 is 11.8 Å². The molecule has 13 heavy (non-hydrogen) atoms. The van der Waals surface area contributed by atoms with E-state index in [1.807, 2.05) is 6.26 Å². The van der Waals surface area contributed by atoms with Crippen molar-refractivity contribution >= 4 is 11.8 Å². The molecule has 0 atom stereocenters. The van der Waals surface area contributed by atoms with Crippen LogP contribution in [-0.4, -0.2) is 18.6 Å². The highest BCUT2D eigenvalue weighted by molar-refractivity contribution is 7.98. The van der Waals surface area contributed by atoms with Gasteiger partial charge in [-0.1, -0.05) is 12.1 Å². The molecule has 0 radical (unpaired) electrons. The monoisotopic (exact) mass is 200 g/mol. The molecule has 0 spiro atoms. The first-order valence-electron chi connectivity index (χ1n) is 4.12. The van der Waals surface area contributed by atoms with E-state index >= 15 is 0 Å². The summed E-state index contributed by atoms with van der Waals surface area (Å²) in [5.41, 5.74) is 0.627. The summed E-state index contributed by atoms with van der Waals surface area (Å²) in [5, 5.41) is 0. The summed E-state index contributed by atoms with van der Waals surface area (Å²) in [6.45, 7) is 2.29. The maximum absolute atomic E-state index is 13.3. The second-order valence-electron chi connectivity index (χ2n) is 2.73. The van der Waals surface area contributed by atoms with E-state index in [4.69, 9.17) is 4.74 Å². The molecule has 0 amide bonds. The maximum atomic E-state index is 13.3. The Morgan fingerprint density at radius 3 is 2.92 bits per heavy atom. The first-order valence-corrected chi connectivity index (χ1v) is 5.52. The van der Waals surface area contributed by atoms with Crippen molar-refractivity contribution in [1.29, 1.82) is 0 Å². The molecule has 0 saturated carbocycles. The minimum atomic E-state index is -0.247. The van der Waals surface area contributed by atoms with E-state index in [0.29, 0.717) is 17.9 Å². The summed E-state index contributed by atoms with van der Waals surface area (Å²) in [7, 11) is 0. The number of hydrogen-bond acceptors (Lipinski definition) is 2. The van der Waals surface area contributed by atoms with E-state index in [-0.39, 0.29) is 5.82 Å². The molecule has 1 rings (SSSR count). The Hall–Kier alpha value is -0.700. The third-order valence-electron chi connectivity index (χ3n) is 1.70. The number of rotatable bonds is 4. The molecule has 0 saturated heterocycles. The molecule has 0 unspecified atom stereocenters. The number of ether oxygens (including phenoxy) is 1. The van der Waals surface area contributed by atoms with Crippen molar-refractivity contribution in [2.45, 2.75) is 6.92 Å². The fourth-order valence-electron chi connectivity index (χ4n) is 0.967. The summed E-state index contributed by atoms with van der Waals surface area (Å²) in [6.07, 6.45) is 2.00. The molecule has 0 aliphatic carbocycles. The van der Waals surface area contributed by atoms with Crippen molar-refractivity contribution in [1.82, 2.24) is 0 Å². The van der Waals surface area contributed by atoms with E-state index in [0.717, 1.165) is 5.75 Å². The van der Waals surface area contributed by atoms with Crippen LogP contribution in [-0.2, 0) is 0 Å². The average molecular weight is 200 g/mol. The van der Waals surface area contributed by atoms with Crippen LogP contribution < -0.4 is 4.74 Å². The average Bonchev–Trinajstić information content (AvgIpc) is 2.13. The van der Waals surface area contributed by atoms with Crippen LogP contribution in [0.15, 0.2) is 18.2 Å². The Morgan fingerprint density at radius 1 is 1.46 bits per heavy atom. The highest BCUT2D eigenvalue weighted by Gasteiger charge is 2.04. The number of aryl methyl sites for hydroxylation is 1. The minimum Gasteiger partial charge on any atom is -0.490 e. The lowest BCUT2D eigenvalue weighted by Gasteiger charge is -2.07. The Balaban J connectivity index is 2.61. The highest BCUT2D eigenvalue weighted by atomic mass is 32.2. The third kappa shape index (κ3) is 2.92. The molecular weight excluding hydrogens is 187 g/mol. The van der Waals surface area contributed by atoms with Gasteiger partial charge in [0.15, 0.2) is 11.6 Å². The van der Waals surface area contributed by atoms with Gasteiger partial charge in [0.1, 0.15) is 0 Å². The second kappa shape index (κ2) is 5.12. The molecule has 72 valence electrons. The van der Waals surface area contributed by atoms with E-state index in [1.54, 1.807) is 36.9 Å². The van der Waals surface area contributed by atoms with Crippen molar-refractivity contribution in [2.24, 2.45) is 0 Å². The summed E-state index contributed by atoms with van der Waals surface area (Å²) in [6, 6.07) is 5.19. The lowest BCUT2D eigenvalue weighted by atomic mass is 10.2. The standard InChI is InChI=1S/C10H13FOS/c1-8-4-3-5-9(10(8)11)12-6-7-13-2/h3-5H,6-7H2,1-2H3. The van der Waals surface area contributed by atoms with Gasteiger partial charge in [-0.05, 0) is 24.8 Å². The lowest BCUT2D eigenvalue weighted by molar-refractivity contribution is 0.324. The quantitative estimate of drug-likeness (QED) is 0.691. The van der Waals surface area contributed by atoms with Gasteiger partial charge in [0.2, 0.25) is 0 Å². The lowest BCUT2D eigenvalue weighted by Crippen LogP contribution is -2.01. The van der Waals surface area contributed by atoms with Crippen LogP contribution in [0.25, 0.3) is 0 Å². The number of halogens is 1. The van der Waals surface area contributed by atoms with E-state index in [2.05, 4.69) is 0 Å². The largest absolute Gasteiger partial charge is 0.490 e. The molecule has 1 aromatic carbocycles. The molecule has 0 aliphatic heterocycles. The van der Waals surface area contributed by atoms with Gasteiger partial charge in [-0.2, -0.15) is 11.8 Å². The fourth-order valence-corrected chi connectivity index (χ4v) is 1.22. The predicted octanol–water partition coefficient (Wildman–Crippen LogP) is 2.88. The van der Waals surface area contributed by atoms with Crippen LogP contribution in [0.3, 0.4) is 0 Å². The number of hydrogen-bond donors (Lipinski definition) is 0. The molecule has 3 heteroatoms. The van der Waals surface area contributed by atoms with Gasteiger partial charge in [0.05, 0.1) is 6.61 Å². The van der Waals surface area contributed by atoms with Crippen LogP contribution in [0.5, 0.6) is 5.75 Å². The SMILES string of the molecule is CSCCOc1cccc(C)c1F. The summed E-state index contributed by atoms with van der Waals surface area (Å²) in [5.74, 6) is 0.991. The first-order chi connectivity index (χ1) is 6.25. The molecule has 0 fully saturated rings. The number of benzene rings is 1. The van der Waals surface area contributed by atoms with Crippen molar-refractivity contribution in [3.05, 3.63) is 29.6 Å². The van der Waals surface area contributed by atoms with Crippen LogP contribution in [0.2, 0.25) is 0 Å². The van der Waals surface area contributed by atoms with Gasteiger partial charge in [0.25, 0.3) is 0 Å². The zero-order chi connectivity index (χ0) is 9.68. The smallest absolute Gasteiger partial charge is 0.167 e. The maximum Gasteiger partial charge on any atom is 0.167 e. The van der Waals surface area contributed by atoms with Crippen LogP contribution in [0, 0.1) is 12.7 Å². The topological polar surface area (TPSA) is 9.23 Å². The van der Waals surface area contributed by atoms with Gasteiger partial charge in [-0.3, -0.25) is 0 Å². The molecule has 0 bridgehead atoms. The third-order valence-corrected chi connectivity index (χ3v) is 2.28. The fraction of sp³-hybridized carbons (Fsp3) is 0.400. The van der Waals surface area contributed by atoms with E-state index in [9.17, 15) is 4.39 Å². The normalized spacial score (nSPS) is 10.1. The molecule has 1 aromatic rings. The van der Waals surface area contributed by atoms with Crippen LogP contribution in [0.4, 0.5) is 4.39 Å². The minimum absolute atomic E-state index is 0.247. The van der Waals surface area contributed by atoms with Crippen molar-refractivity contribution in [3.63, 3.8) is 0 Å². The summed E-state index contributed by atoms with van der Waals surface area (Å²) < 4.78 is 18.6. The molecule has 0 aliphatic rings. The summed E-state index contributed by atoms with van der Waals surface area (Å²) in [4.78, 5) is 0. The predicted molar refractivity (Wildman–Crippen MR) is 55.0 cm³/mol. The van der Waals surface area contributed by atoms with Crippen molar-refractivity contribution < 1.29 is 9.13 Å². The van der Waals surface area contributed by atoms with Crippen molar-refractivity contribution in [2.75, 3.05) is 18.6 Å². The summed E-state index contributed by atoms with van der Waals surface area (Å²) >= 11 is 1.68. The second-order valence-corrected chi connectivity index (χ2v) is 3.71. The molecular formula is C10H13FOS. The molecule has 0 heterocycles. The first kappa shape index (κ1) is 10.4. The van der Waals surface area contributed by atoms with Gasteiger partial charge >= 0.3 is 0 Å². The van der Waals surface area contributed by atoms with Crippen LogP contribution in [0.1, 0.15) is 5.56 Å². The van der Waals surface area contributed by atoms with Gasteiger partial charge in [-0.15, -0.1) is 0 Å². The van der Waals surface area contributed by atoms with E-state index in [1.165, 1.54) is 0 Å². The Labute approximate surface area is 82.3 Å². The number of thioether (sulfide) groups is 1. The van der Waals surface area contributed by atoms with Gasteiger partial charge in [-0.25, -0.2) is 4.39 Å². The van der Waals surface area contributed by atoms with Crippen molar-refractivity contribution in [3.8, 4) is 5.75 Å². The molecule has 0 N–H and O–H groups in total. The Bertz CT molecular complexity index is 276. The zero-order valence-corrected chi connectivity index (χ0v) is 8.66. The van der Waals surface area contributed by atoms with E-state index < -0.39 is 0 Å². The highest BCUT2D eigenvalue weighted by Crippen LogP contribution is 2.19. The van der Waals surface area contributed by atoms with Gasteiger partial charge in [0, 0.05) is 5.75 Å².